The standard InChI is InChI=1S/C20H18N2O6/c23-11-13-9-12-3-1-7-21-8-2-4-15(18(12)21)19(13)28-17-6-5-14(22(26)27)10-16(17)20(24)25/h5-6,9-11H,1-4,7-8H2,(H,24,25). The SMILES string of the molecule is O=Cc1cc2c3c(c1Oc1ccc([N+](=O)[O-])cc1C(=O)O)CCCN3CCC2. The van der Waals surface area contributed by atoms with E-state index < -0.39 is 10.9 Å². The lowest BCUT2D eigenvalue weighted by Gasteiger charge is -2.38. The number of carboxylic acids is 1. The summed E-state index contributed by atoms with van der Waals surface area (Å²) in [4.78, 5) is 35.9. The normalized spacial score (nSPS) is 14.9. The number of anilines is 1. The molecule has 0 aliphatic carbocycles. The molecular weight excluding hydrogens is 364 g/mol. The average molecular weight is 382 g/mol. The second-order valence-electron chi connectivity index (χ2n) is 6.94. The number of aromatic carboxylic acids is 1. The summed E-state index contributed by atoms with van der Waals surface area (Å²) >= 11 is 0. The summed E-state index contributed by atoms with van der Waals surface area (Å²) in [5.41, 5.74) is 2.81. The van der Waals surface area contributed by atoms with Gasteiger partial charge in [0, 0.05) is 36.5 Å². The number of aryl methyl sites for hydroxylation is 1. The number of hydrogen-bond donors (Lipinski definition) is 1. The Morgan fingerprint density at radius 3 is 2.64 bits per heavy atom. The van der Waals surface area contributed by atoms with Crippen molar-refractivity contribution >= 4 is 23.6 Å². The number of carbonyl (C=O) groups is 2. The number of aldehydes is 1. The van der Waals surface area contributed by atoms with Gasteiger partial charge in [-0.2, -0.15) is 0 Å². The van der Waals surface area contributed by atoms with Gasteiger partial charge in [0.1, 0.15) is 17.1 Å². The molecule has 2 aliphatic heterocycles. The van der Waals surface area contributed by atoms with Crippen LogP contribution in [0.3, 0.4) is 0 Å². The molecule has 0 radical (unpaired) electrons. The van der Waals surface area contributed by atoms with Crippen LogP contribution in [0.25, 0.3) is 0 Å². The highest BCUT2D eigenvalue weighted by atomic mass is 16.6. The molecule has 0 aromatic heterocycles. The van der Waals surface area contributed by atoms with Crippen LogP contribution in [0.15, 0.2) is 24.3 Å². The highest BCUT2D eigenvalue weighted by Crippen LogP contribution is 2.44. The number of nitrogens with zero attached hydrogens (tertiary/aromatic N) is 2. The van der Waals surface area contributed by atoms with Crippen LogP contribution in [0.1, 0.15) is 44.7 Å². The van der Waals surface area contributed by atoms with Gasteiger partial charge in [0.2, 0.25) is 0 Å². The monoisotopic (exact) mass is 382 g/mol. The second kappa shape index (κ2) is 6.95. The van der Waals surface area contributed by atoms with Crippen LogP contribution < -0.4 is 9.64 Å². The molecule has 144 valence electrons. The lowest BCUT2D eigenvalue weighted by Crippen LogP contribution is -2.34. The first-order chi connectivity index (χ1) is 13.5. The number of ether oxygens (including phenoxy) is 1. The van der Waals surface area contributed by atoms with E-state index in [4.69, 9.17) is 4.74 Å². The minimum Gasteiger partial charge on any atom is -0.478 e. The molecule has 0 unspecified atom stereocenters. The van der Waals surface area contributed by atoms with Crippen molar-refractivity contribution in [1.29, 1.82) is 0 Å². The molecule has 0 saturated heterocycles. The maximum absolute atomic E-state index is 11.7. The minimum atomic E-state index is -1.33. The zero-order valence-corrected chi connectivity index (χ0v) is 15.0. The number of benzene rings is 2. The van der Waals surface area contributed by atoms with Crippen LogP contribution in [0.2, 0.25) is 0 Å². The number of rotatable bonds is 5. The smallest absolute Gasteiger partial charge is 0.339 e. The van der Waals surface area contributed by atoms with Gasteiger partial charge in [-0.1, -0.05) is 0 Å². The first-order valence-corrected chi connectivity index (χ1v) is 9.08. The number of hydrogen-bond acceptors (Lipinski definition) is 6. The number of nitro groups is 1. The minimum absolute atomic E-state index is 0.0228. The molecule has 2 aromatic rings. The van der Waals surface area contributed by atoms with Crippen LogP contribution in [-0.4, -0.2) is 35.4 Å². The Balaban J connectivity index is 1.85. The average Bonchev–Trinajstić information content (AvgIpc) is 2.69. The van der Waals surface area contributed by atoms with Crippen molar-refractivity contribution in [2.24, 2.45) is 0 Å². The third-order valence-corrected chi connectivity index (χ3v) is 5.24. The Morgan fingerprint density at radius 1 is 1.21 bits per heavy atom. The van der Waals surface area contributed by atoms with Crippen molar-refractivity contribution in [3.8, 4) is 11.5 Å². The molecule has 8 nitrogen and oxygen atoms in total. The van der Waals surface area contributed by atoms with Crippen LogP contribution in [-0.2, 0) is 12.8 Å². The number of nitro benzene ring substituents is 1. The highest BCUT2D eigenvalue weighted by molar-refractivity contribution is 5.92. The Hall–Kier alpha value is -3.42. The fourth-order valence-corrected chi connectivity index (χ4v) is 4.06. The summed E-state index contributed by atoms with van der Waals surface area (Å²) in [5, 5.41) is 20.4. The Morgan fingerprint density at radius 2 is 1.96 bits per heavy atom. The Labute approximate surface area is 160 Å². The largest absolute Gasteiger partial charge is 0.478 e. The molecule has 2 aromatic carbocycles. The molecule has 0 atom stereocenters. The second-order valence-corrected chi connectivity index (χ2v) is 6.94. The molecule has 0 spiro atoms. The fourth-order valence-electron chi connectivity index (χ4n) is 4.06. The molecule has 2 aliphatic rings. The zero-order valence-electron chi connectivity index (χ0n) is 15.0. The molecular formula is C20H18N2O6. The van der Waals surface area contributed by atoms with Crippen LogP contribution in [0.4, 0.5) is 11.4 Å². The van der Waals surface area contributed by atoms with Crippen molar-refractivity contribution in [3.63, 3.8) is 0 Å². The first-order valence-electron chi connectivity index (χ1n) is 9.08. The van der Waals surface area contributed by atoms with E-state index in [1.807, 2.05) is 6.07 Å². The zero-order chi connectivity index (χ0) is 19.8. The summed E-state index contributed by atoms with van der Waals surface area (Å²) in [6.07, 6.45) is 4.27. The molecule has 0 amide bonds. The lowest BCUT2D eigenvalue weighted by molar-refractivity contribution is -0.384. The number of non-ortho nitro benzene ring substituents is 1. The topological polar surface area (TPSA) is 110 Å². The van der Waals surface area contributed by atoms with Crippen LogP contribution in [0.5, 0.6) is 11.5 Å². The first kappa shape index (κ1) is 18.0. The molecule has 4 rings (SSSR count). The maximum Gasteiger partial charge on any atom is 0.339 e. The van der Waals surface area contributed by atoms with E-state index in [-0.39, 0.29) is 17.0 Å². The van der Waals surface area contributed by atoms with Gasteiger partial charge >= 0.3 is 5.97 Å². The van der Waals surface area contributed by atoms with Gasteiger partial charge in [0.25, 0.3) is 5.69 Å². The fraction of sp³-hybridized carbons (Fsp3) is 0.300. The summed E-state index contributed by atoms with van der Waals surface area (Å²) in [6.45, 7) is 1.88. The predicted molar refractivity (Wildman–Crippen MR) is 101 cm³/mol. The quantitative estimate of drug-likeness (QED) is 0.478. The lowest BCUT2D eigenvalue weighted by atomic mass is 9.89. The molecule has 0 fully saturated rings. The molecule has 1 N–H and O–H groups in total. The van der Waals surface area contributed by atoms with E-state index >= 15 is 0 Å². The summed E-state index contributed by atoms with van der Waals surface area (Å²) in [6, 6.07) is 5.24. The van der Waals surface area contributed by atoms with Gasteiger partial charge in [-0.25, -0.2) is 4.79 Å². The van der Waals surface area contributed by atoms with E-state index in [1.54, 1.807) is 0 Å². The number of carboxylic acid groups (broad SMARTS) is 1. The highest BCUT2D eigenvalue weighted by Gasteiger charge is 2.29. The van der Waals surface area contributed by atoms with Crippen LogP contribution >= 0.6 is 0 Å². The molecule has 0 saturated carbocycles. The van der Waals surface area contributed by atoms with Crippen molar-refractivity contribution < 1.29 is 24.4 Å². The van der Waals surface area contributed by atoms with Gasteiger partial charge in [-0.3, -0.25) is 14.9 Å². The summed E-state index contributed by atoms with van der Waals surface area (Å²) in [5.74, 6) is -1.01. The summed E-state index contributed by atoms with van der Waals surface area (Å²) < 4.78 is 5.94. The van der Waals surface area contributed by atoms with E-state index in [2.05, 4.69) is 4.90 Å². The van der Waals surface area contributed by atoms with E-state index in [9.17, 15) is 24.8 Å². The van der Waals surface area contributed by atoms with E-state index in [1.165, 1.54) is 12.1 Å². The van der Waals surface area contributed by atoms with Crippen molar-refractivity contribution in [2.45, 2.75) is 25.7 Å². The molecule has 0 bridgehead atoms. The van der Waals surface area contributed by atoms with Gasteiger partial charge in [-0.05, 0) is 43.4 Å². The van der Waals surface area contributed by atoms with Gasteiger partial charge in [-0.15, -0.1) is 0 Å². The molecule has 8 heteroatoms. The molecule has 2 heterocycles. The van der Waals surface area contributed by atoms with Gasteiger partial charge in [0.15, 0.2) is 6.29 Å². The van der Waals surface area contributed by atoms with Crippen molar-refractivity contribution in [3.05, 3.63) is 56.6 Å². The third-order valence-electron chi connectivity index (χ3n) is 5.24. The van der Waals surface area contributed by atoms with Crippen molar-refractivity contribution in [1.82, 2.24) is 0 Å². The number of carbonyl (C=O) groups excluding carboxylic acids is 1. The van der Waals surface area contributed by atoms with Gasteiger partial charge < -0.3 is 14.7 Å². The Kier molecular flexibility index (Phi) is 4.46. The van der Waals surface area contributed by atoms with Crippen molar-refractivity contribution in [2.75, 3.05) is 18.0 Å². The van der Waals surface area contributed by atoms with Gasteiger partial charge in [0.05, 0.1) is 10.5 Å². The van der Waals surface area contributed by atoms with E-state index in [0.717, 1.165) is 61.7 Å². The van der Waals surface area contributed by atoms with Crippen LogP contribution in [0, 0.1) is 10.1 Å². The Bertz CT molecular complexity index is 999. The predicted octanol–water partition coefficient (Wildman–Crippen LogP) is 3.60. The third kappa shape index (κ3) is 2.96. The summed E-state index contributed by atoms with van der Waals surface area (Å²) in [7, 11) is 0. The van der Waals surface area contributed by atoms with E-state index in [0.29, 0.717) is 17.6 Å². The molecule has 28 heavy (non-hydrogen) atoms. The maximum atomic E-state index is 11.7.